The maximum absolute atomic E-state index is 12.7. The normalized spacial score (nSPS) is 13.1. The predicted molar refractivity (Wildman–Crippen MR) is 120 cm³/mol. The minimum absolute atomic E-state index is 0.218. The van der Waals surface area contributed by atoms with Crippen LogP contribution in [0.3, 0.4) is 0 Å². The number of rotatable bonds is 3. The van der Waals surface area contributed by atoms with Crippen molar-refractivity contribution < 1.29 is 13.2 Å². The fraction of sp³-hybridized carbons (Fsp3) is 0.167. The molecular formula is C24H21ClF3NS. The number of benzene rings is 2. The van der Waals surface area contributed by atoms with Gasteiger partial charge in [0.2, 0.25) is 0 Å². The highest BCUT2D eigenvalue weighted by Crippen LogP contribution is 2.36. The second-order valence-corrected chi connectivity index (χ2v) is 8.54. The minimum Gasteiger partial charge on any atom is -0.367 e. The molecular weight excluding hydrogens is 427 g/mol. The topological polar surface area (TPSA) is 3.24 Å². The largest absolute Gasteiger partial charge is 0.417 e. The van der Waals surface area contributed by atoms with Gasteiger partial charge in [0.25, 0.3) is 0 Å². The Balaban J connectivity index is 0.000000172. The summed E-state index contributed by atoms with van der Waals surface area (Å²) < 4.78 is 39.1. The number of hydrogen-bond donors (Lipinski definition) is 0. The molecule has 2 aromatic carbocycles. The highest BCUT2D eigenvalue weighted by molar-refractivity contribution is 7.16. The Morgan fingerprint density at radius 1 is 1.07 bits per heavy atom. The van der Waals surface area contributed by atoms with Crippen molar-refractivity contribution >= 4 is 22.9 Å². The molecule has 0 spiro atoms. The molecule has 0 saturated carbocycles. The van der Waals surface area contributed by atoms with Crippen molar-refractivity contribution in [2.45, 2.75) is 19.1 Å². The van der Waals surface area contributed by atoms with E-state index in [2.05, 4.69) is 24.1 Å². The van der Waals surface area contributed by atoms with Crippen LogP contribution in [0.25, 0.3) is 11.1 Å². The molecule has 0 amide bonds. The van der Waals surface area contributed by atoms with Gasteiger partial charge in [0.05, 0.1) is 16.4 Å². The van der Waals surface area contributed by atoms with Gasteiger partial charge in [0, 0.05) is 17.1 Å². The molecule has 4 rings (SSSR count). The van der Waals surface area contributed by atoms with Gasteiger partial charge in [-0.05, 0) is 41.3 Å². The highest BCUT2D eigenvalue weighted by Gasteiger charge is 2.33. The fourth-order valence-corrected chi connectivity index (χ4v) is 4.62. The number of halogens is 4. The molecule has 0 saturated heterocycles. The first-order valence-electron chi connectivity index (χ1n) is 9.34. The molecule has 0 bridgehead atoms. The van der Waals surface area contributed by atoms with E-state index in [1.807, 2.05) is 0 Å². The van der Waals surface area contributed by atoms with E-state index in [-0.39, 0.29) is 5.56 Å². The van der Waals surface area contributed by atoms with Gasteiger partial charge in [-0.25, -0.2) is 0 Å². The quantitative estimate of drug-likeness (QED) is 0.370. The lowest BCUT2D eigenvalue weighted by atomic mass is 9.99. The van der Waals surface area contributed by atoms with Gasteiger partial charge in [-0.3, -0.25) is 0 Å². The monoisotopic (exact) mass is 447 g/mol. The summed E-state index contributed by atoms with van der Waals surface area (Å²) in [5.41, 5.74) is 2.60. The van der Waals surface area contributed by atoms with Gasteiger partial charge in [-0.1, -0.05) is 73.3 Å². The van der Waals surface area contributed by atoms with Crippen molar-refractivity contribution in [2.24, 2.45) is 0 Å². The summed E-state index contributed by atoms with van der Waals surface area (Å²) in [5, 5.41) is 0. The minimum atomic E-state index is -4.31. The van der Waals surface area contributed by atoms with Crippen molar-refractivity contribution in [1.29, 1.82) is 0 Å². The van der Waals surface area contributed by atoms with Crippen LogP contribution < -0.4 is 0 Å². The summed E-state index contributed by atoms with van der Waals surface area (Å²) in [6.45, 7) is 9.64. The number of nitrogens with zero attached hydrogens (tertiary/aromatic N) is 1. The molecule has 1 aliphatic heterocycles. The van der Waals surface area contributed by atoms with E-state index in [4.69, 9.17) is 11.6 Å². The average Bonchev–Trinajstić information content (AvgIpc) is 3.13. The van der Waals surface area contributed by atoms with E-state index in [0.717, 1.165) is 35.6 Å². The van der Waals surface area contributed by atoms with E-state index in [1.54, 1.807) is 53.8 Å². The standard InChI is InChI=1S/C13H9F3.C11H12ClNS/c14-13(15,16)12-9-5-4-8-11(12)10-6-2-1-3-7-10;1-3-8(2)13-5-4-9-6-11(12)14-10(9)7-13/h1-9H;3,6H,1-2,4-5,7H2. The number of thiophene rings is 1. The van der Waals surface area contributed by atoms with Gasteiger partial charge in [-0.15, -0.1) is 11.3 Å². The maximum atomic E-state index is 12.7. The third-order valence-electron chi connectivity index (χ3n) is 4.81. The number of hydrogen-bond acceptors (Lipinski definition) is 2. The third-order valence-corrected chi connectivity index (χ3v) is 6.10. The van der Waals surface area contributed by atoms with Crippen molar-refractivity contribution in [1.82, 2.24) is 4.90 Å². The Bertz CT molecular complexity index is 1020. The SMILES string of the molecule is C=CC(=C)N1CCc2cc(Cl)sc2C1.FC(F)(F)c1ccccc1-c1ccccc1. The number of allylic oxidation sites excluding steroid dienone is 1. The van der Waals surface area contributed by atoms with Crippen molar-refractivity contribution in [3.63, 3.8) is 0 Å². The first kappa shape index (κ1) is 22.2. The van der Waals surface area contributed by atoms with Gasteiger partial charge in [0.1, 0.15) is 0 Å². The zero-order valence-electron chi connectivity index (χ0n) is 16.3. The Morgan fingerprint density at radius 3 is 2.40 bits per heavy atom. The van der Waals surface area contributed by atoms with Crippen molar-refractivity contribution in [2.75, 3.05) is 6.54 Å². The zero-order chi connectivity index (χ0) is 21.7. The second-order valence-electron chi connectivity index (χ2n) is 6.78. The summed E-state index contributed by atoms with van der Waals surface area (Å²) >= 11 is 7.64. The van der Waals surface area contributed by atoms with Crippen LogP contribution in [-0.2, 0) is 19.1 Å². The average molecular weight is 448 g/mol. The Kier molecular flexibility index (Phi) is 7.06. The smallest absolute Gasteiger partial charge is 0.367 e. The molecule has 0 radical (unpaired) electrons. The highest BCUT2D eigenvalue weighted by atomic mass is 35.5. The molecule has 1 nitrogen and oxygen atoms in total. The van der Waals surface area contributed by atoms with Crippen molar-refractivity contribution in [3.05, 3.63) is 106 Å². The lowest BCUT2D eigenvalue weighted by Crippen LogP contribution is -2.27. The molecule has 0 N–H and O–H groups in total. The zero-order valence-corrected chi connectivity index (χ0v) is 17.8. The maximum Gasteiger partial charge on any atom is 0.417 e. The molecule has 1 aliphatic rings. The molecule has 0 fully saturated rings. The summed E-state index contributed by atoms with van der Waals surface area (Å²) in [7, 11) is 0. The van der Waals surface area contributed by atoms with Gasteiger partial charge in [-0.2, -0.15) is 13.2 Å². The molecule has 3 aromatic rings. The predicted octanol–water partition coefficient (Wildman–Crippen LogP) is 7.83. The van der Waals surface area contributed by atoms with Crippen LogP contribution in [-0.4, -0.2) is 11.4 Å². The molecule has 0 unspecified atom stereocenters. The van der Waals surface area contributed by atoms with Crippen LogP contribution >= 0.6 is 22.9 Å². The molecule has 156 valence electrons. The van der Waals surface area contributed by atoms with Crippen molar-refractivity contribution in [3.8, 4) is 11.1 Å². The number of fused-ring (bicyclic) bond motifs is 1. The first-order chi connectivity index (χ1) is 14.3. The number of alkyl halides is 3. The molecule has 2 heterocycles. The summed E-state index contributed by atoms with van der Waals surface area (Å²) in [6, 6.07) is 16.2. The molecule has 1 aromatic heterocycles. The molecule has 30 heavy (non-hydrogen) atoms. The summed E-state index contributed by atoms with van der Waals surface area (Å²) in [4.78, 5) is 3.60. The van der Waals surface area contributed by atoms with Gasteiger partial charge >= 0.3 is 6.18 Å². The van der Waals surface area contributed by atoms with Gasteiger partial charge in [0.15, 0.2) is 0 Å². The van der Waals surface area contributed by atoms with E-state index in [9.17, 15) is 13.2 Å². The summed E-state index contributed by atoms with van der Waals surface area (Å²) in [6.07, 6.45) is -1.45. The molecule has 6 heteroatoms. The van der Waals surface area contributed by atoms with E-state index in [0.29, 0.717) is 5.56 Å². The first-order valence-corrected chi connectivity index (χ1v) is 10.5. The van der Waals surface area contributed by atoms with E-state index >= 15 is 0 Å². The van der Waals surface area contributed by atoms with Crippen LogP contribution in [0.1, 0.15) is 16.0 Å². The Morgan fingerprint density at radius 2 is 1.73 bits per heavy atom. The fourth-order valence-electron chi connectivity index (χ4n) is 3.26. The van der Waals surface area contributed by atoms with Crippen LogP contribution in [0.4, 0.5) is 13.2 Å². The van der Waals surface area contributed by atoms with Crippen LogP contribution in [0.5, 0.6) is 0 Å². The van der Waals surface area contributed by atoms with E-state index in [1.165, 1.54) is 22.6 Å². The molecule has 0 atom stereocenters. The Labute approximate surface area is 183 Å². The van der Waals surface area contributed by atoms with Gasteiger partial charge < -0.3 is 4.90 Å². The lowest BCUT2D eigenvalue weighted by molar-refractivity contribution is -0.137. The van der Waals surface area contributed by atoms with Crippen LogP contribution in [0.15, 0.2) is 85.6 Å². The van der Waals surface area contributed by atoms with E-state index < -0.39 is 11.7 Å². The molecule has 0 aliphatic carbocycles. The second kappa shape index (κ2) is 9.54. The Hall–Kier alpha value is -2.50. The lowest BCUT2D eigenvalue weighted by Gasteiger charge is -2.28. The van der Waals surface area contributed by atoms with Crippen LogP contribution in [0, 0.1) is 0 Å². The third kappa shape index (κ3) is 5.35. The summed E-state index contributed by atoms with van der Waals surface area (Å²) in [5.74, 6) is 0. The van der Waals surface area contributed by atoms with Crippen LogP contribution in [0.2, 0.25) is 4.34 Å².